The van der Waals surface area contributed by atoms with Crippen LogP contribution in [0.5, 0.6) is 0 Å². The third kappa shape index (κ3) is 2.53. The zero-order chi connectivity index (χ0) is 14.2. The summed E-state index contributed by atoms with van der Waals surface area (Å²) in [4.78, 5) is 23.7. The van der Waals surface area contributed by atoms with Crippen molar-refractivity contribution in [2.75, 3.05) is 5.73 Å². The Bertz CT molecular complexity index is 717. The minimum atomic E-state index is -0.594. The van der Waals surface area contributed by atoms with Crippen LogP contribution in [-0.4, -0.2) is 9.13 Å². The molecular weight excluding hydrogens is 273 g/mol. The molecule has 0 amide bonds. The fourth-order valence-electron chi connectivity index (χ4n) is 1.71. The number of anilines is 1. The summed E-state index contributed by atoms with van der Waals surface area (Å²) < 4.78 is 15.1. The van der Waals surface area contributed by atoms with Crippen LogP contribution in [-0.2, 0) is 13.6 Å². The molecule has 19 heavy (non-hydrogen) atoms. The fraction of sp³-hybridized carbons (Fsp3) is 0.167. The van der Waals surface area contributed by atoms with Gasteiger partial charge >= 0.3 is 5.69 Å². The lowest BCUT2D eigenvalue weighted by Gasteiger charge is -2.09. The molecule has 0 bridgehead atoms. The second-order valence-corrected chi connectivity index (χ2v) is 4.51. The average molecular weight is 284 g/mol. The lowest BCUT2D eigenvalue weighted by Crippen LogP contribution is -2.40. The third-order valence-corrected chi connectivity index (χ3v) is 3.05. The topological polar surface area (TPSA) is 70.0 Å². The van der Waals surface area contributed by atoms with E-state index in [2.05, 4.69) is 0 Å². The Balaban J connectivity index is 2.56. The van der Waals surface area contributed by atoms with Crippen molar-refractivity contribution in [1.82, 2.24) is 9.13 Å². The number of nitrogens with zero attached hydrogens (tertiary/aromatic N) is 2. The summed E-state index contributed by atoms with van der Waals surface area (Å²) in [5, 5.41) is 0.149. The summed E-state index contributed by atoms with van der Waals surface area (Å²) in [6.45, 7) is -0.0599. The summed E-state index contributed by atoms with van der Waals surface area (Å²) >= 11 is 5.87. The lowest BCUT2D eigenvalue weighted by molar-refractivity contribution is 0.621. The quantitative estimate of drug-likeness (QED) is 0.893. The number of aryl methyl sites for hydroxylation is 1. The van der Waals surface area contributed by atoms with Gasteiger partial charge in [0, 0.05) is 18.3 Å². The summed E-state index contributed by atoms with van der Waals surface area (Å²) in [5.74, 6) is -0.485. The van der Waals surface area contributed by atoms with Crippen LogP contribution in [0.4, 0.5) is 10.1 Å². The molecule has 1 aromatic carbocycles. The van der Waals surface area contributed by atoms with Crippen LogP contribution in [0.25, 0.3) is 0 Å². The number of nitrogens with two attached hydrogens (primary N) is 1. The summed E-state index contributed by atoms with van der Waals surface area (Å²) in [6, 6.07) is 3.76. The smallest absolute Gasteiger partial charge is 0.331 e. The minimum Gasteiger partial charge on any atom is -0.393 e. The van der Waals surface area contributed by atoms with Crippen molar-refractivity contribution in [2.24, 2.45) is 7.05 Å². The Morgan fingerprint density at radius 3 is 2.68 bits per heavy atom. The Kier molecular flexibility index (Phi) is 3.44. The van der Waals surface area contributed by atoms with Gasteiger partial charge in [0.15, 0.2) is 0 Å². The molecule has 5 nitrogen and oxygen atoms in total. The first-order valence-electron chi connectivity index (χ1n) is 5.40. The molecule has 0 radical (unpaired) electrons. The van der Waals surface area contributed by atoms with Gasteiger partial charge in [0.05, 0.1) is 6.54 Å². The second kappa shape index (κ2) is 4.89. The zero-order valence-electron chi connectivity index (χ0n) is 10.1. The normalized spacial score (nSPS) is 10.7. The van der Waals surface area contributed by atoms with Gasteiger partial charge in [-0.2, -0.15) is 0 Å². The van der Waals surface area contributed by atoms with E-state index in [1.54, 1.807) is 0 Å². The largest absolute Gasteiger partial charge is 0.393 e. The van der Waals surface area contributed by atoms with Crippen molar-refractivity contribution in [3.63, 3.8) is 0 Å². The number of hydrogen-bond acceptors (Lipinski definition) is 3. The summed E-state index contributed by atoms with van der Waals surface area (Å²) in [7, 11) is 1.49. The predicted octanol–water partition coefficient (Wildman–Crippen LogP) is 0.970. The highest BCUT2D eigenvalue weighted by Gasteiger charge is 2.10. The van der Waals surface area contributed by atoms with Gasteiger partial charge in [-0.1, -0.05) is 17.7 Å². The maximum absolute atomic E-state index is 12.9. The van der Waals surface area contributed by atoms with Crippen LogP contribution >= 0.6 is 11.6 Å². The van der Waals surface area contributed by atoms with Crippen molar-refractivity contribution < 1.29 is 4.39 Å². The van der Waals surface area contributed by atoms with Gasteiger partial charge in [0.25, 0.3) is 5.56 Å². The molecule has 2 aromatic rings. The number of rotatable bonds is 2. The number of benzene rings is 1. The Morgan fingerprint density at radius 1 is 1.37 bits per heavy atom. The van der Waals surface area contributed by atoms with Gasteiger partial charge in [0.1, 0.15) is 11.5 Å². The minimum absolute atomic E-state index is 0.0414. The Labute approximate surface area is 112 Å². The fourth-order valence-corrected chi connectivity index (χ4v) is 1.94. The van der Waals surface area contributed by atoms with Gasteiger partial charge < -0.3 is 10.3 Å². The molecule has 0 fully saturated rings. The molecule has 0 aliphatic heterocycles. The van der Waals surface area contributed by atoms with Gasteiger partial charge in [0.2, 0.25) is 0 Å². The van der Waals surface area contributed by atoms with E-state index in [4.69, 9.17) is 17.3 Å². The predicted molar refractivity (Wildman–Crippen MR) is 70.9 cm³/mol. The van der Waals surface area contributed by atoms with Crippen LogP contribution < -0.4 is 17.0 Å². The van der Waals surface area contributed by atoms with E-state index in [0.717, 1.165) is 10.6 Å². The standard InChI is InChI=1S/C12H11ClFN3O2/c1-16-6-10(15)11(18)17(12(16)19)5-7-2-3-8(14)4-9(7)13/h2-4,6H,5,15H2,1H3. The van der Waals surface area contributed by atoms with Crippen molar-refractivity contribution in [3.8, 4) is 0 Å². The first kappa shape index (κ1) is 13.4. The summed E-state index contributed by atoms with van der Waals surface area (Å²) in [5.41, 5.74) is 4.84. The van der Waals surface area contributed by atoms with Gasteiger partial charge in [-0.25, -0.2) is 9.18 Å². The second-order valence-electron chi connectivity index (χ2n) is 4.10. The molecule has 100 valence electrons. The molecule has 1 aromatic heterocycles. The van der Waals surface area contributed by atoms with E-state index in [-0.39, 0.29) is 17.3 Å². The average Bonchev–Trinajstić information content (AvgIpc) is 2.34. The monoisotopic (exact) mass is 283 g/mol. The maximum atomic E-state index is 12.9. The van der Waals surface area contributed by atoms with E-state index in [9.17, 15) is 14.0 Å². The molecule has 0 saturated heterocycles. The molecule has 0 aliphatic carbocycles. The number of nitrogen functional groups attached to an aromatic ring is 1. The Morgan fingerprint density at radius 2 is 2.05 bits per heavy atom. The lowest BCUT2D eigenvalue weighted by atomic mass is 10.2. The van der Waals surface area contributed by atoms with Gasteiger partial charge in [-0.15, -0.1) is 0 Å². The van der Waals surface area contributed by atoms with Gasteiger partial charge in [-0.05, 0) is 17.7 Å². The molecule has 7 heteroatoms. The summed E-state index contributed by atoms with van der Waals surface area (Å²) in [6.07, 6.45) is 1.26. The molecule has 2 rings (SSSR count). The van der Waals surface area contributed by atoms with E-state index < -0.39 is 17.1 Å². The SMILES string of the molecule is Cn1cc(N)c(=O)n(Cc2ccc(F)cc2Cl)c1=O. The van der Waals surface area contributed by atoms with Crippen molar-refractivity contribution in [1.29, 1.82) is 0 Å². The molecule has 0 spiro atoms. The molecule has 0 saturated carbocycles. The molecule has 0 aliphatic rings. The highest BCUT2D eigenvalue weighted by atomic mass is 35.5. The number of aromatic nitrogens is 2. The molecule has 1 heterocycles. The van der Waals surface area contributed by atoms with Crippen molar-refractivity contribution >= 4 is 17.3 Å². The maximum Gasteiger partial charge on any atom is 0.331 e. The van der Waals surface area contributed by atoms with Gasteiger partial charge in [-0.3, -0.25) is 9.36 Å². The molecular formula is C12H11ClFN3O2. The molecule has 0 atom stereocenters. The van der Waals surface area contributed by atoms with Crippen LogP contribution in [0.1, 0.15) is 5.56 Å². The van der Waals surface area contributed by atoms with Crippen LogP contribution in [0.2, 0.25) is 5.02 Å². The van der Waals surface area contributed by atoms with E-state index in [1.807, 2.05) is 0 Å². The van der Waals surface area contributed by atoms with E-state index >= 15 is 0 Å². The number of hydrogen-bond donors (Lipinski definition) is 1. The van der Waals surface area contributed by atoms with Crippen LogP contribution in [0.3, 0.4) is 0 Å². The Hall–Kier alpha value is -2.08. The highest BCUT2D eigenvalue weighted by Crippen LogP contribution is 2.17. The molecule has 0 unspecified atom stereocenters. The molecule has 2 N–H and O–H groups in total. The van der Waals surface area contributed by atoms with Crippen LogP contribution in [0.15, 0.2) is 34.0 Å². The van der Waals surface area contributed by atoms with Crippen LogP contribution in [0, 0.1) is 5.82 Å². The van der Waals surface area contributed by atoms with E-state index in [0.29, 0.717) is 5.56 Å². The highest BCUT2D eigenvalue weighted by molar-refractivity contribution is 6.31. The third-order valence-electron chi connectivity index (χ3n) is 2.70. The van der Waals surface area contributed by atoms with Crippen molar-refractivity contribution in [3.05, 3.63) is 61.6 Å². The number of halogens is 2. The van der Waals surface area contributed by atoms with Crippen molar-refractivity contribution in [2.45, 2.75) is 6.54 Å². The zero-order valence-corrected chi connectivity index (χ0v) is 10.8. The first-order chi connectivity index (χ1) is 8.90. The first-order valence-corrected chi connectivity index (χ1v) is 5.78. The van der Waals surface area contributed by atoms with E-state index in [1.165, 1.54) is 29.9 Å².